The molecule has 0 saturated carbocycles. The number of carbonyl (C=O) groups is 4. The molecule has 10 nitrogen and oxygen atoms in total. The fourth-order valence-corrected chi connectivity index (χ4v) is 3.95. The second-order valence-corrected chi connectivity index (χ2v) is 7.60. The number of fused-ring (bicyclic) bond motifs is 2. The van der Waals surface area contributed by atoms with Crippen molar-refractivity contribution < 1.29 is 19.2 Å². The van der Waals surface area contributed by atoms with E-state index in [1.54, 1.807) is 24.5 Å². The van der Waals surface area contributed by atoms with Crippen molar-refractivity contribution >= 4 is 34.5 Å². The van der Waals surface area contributed by atoms with Gasteiger partial charge in [-0.15, -0.1) is 0 Å². The molecule has 2 aliphatic heterocycles. The van der Waals surface area contributed by atoms with Gasteiger partial charge in [0.15, 0.2) is 0 Å². The minimum atomic E-state index is -0.648. The summed E-state index contributed by atoms with van der Waals surface area (Å²) in [7, 11) is 0. The first-order chi connectivity index (χ1) is 15.0. The SMILES string of the molecule is O=C1CCC(N2Cc3ccc(CNC(=O)c4cc5cn[nH]c5cn4)cc3C2=O)C(=O)N1. The smallest absolute Gasteiger partial charge is 0.270 e. The molecule has 4 amide bonds. The number of nitrogens with zero attached hydrogens (tertiary/aromatic N) is 3. The number of H-pyrrole nitrogens is 1. The summed E-state index contributed by atoms with van der Waals surface area (Å²) in [5, 5.41) is 12.6. The molecule has 2 aliphatic rings. The molecular weight excluding hydrogens is 400 g/mol. The monoisotopic (exact) mass is 418 g/mol. The van der Waals surface area contributed by atoms with Crippen LogP contribution in [0.25, 0.3) is 10.9 Å². The Kier molecular flexibility index (Phi) is 4.46. The van der Waals surface area contributed by atoms with E-state index in [-0.39, 0.29) is 36.4 Å². The van der Waals surface area contributed by atoms with Gasteiger partial charge in [0.05, 0.1) is 17.9 Å². The number of carbonyl (C=O) groups excluding carboxylic acids is 4. The van der Waals surface area contributed by atoms with Gasteiger partial charge in [0.2, 0.25) is 11.8 Å². The van der Waals surface area contributed by atoms with Crippen molar-refractivity contribution in [3.8, 4) is 0 Å². The maximum absolute atomic E-state index is 12.9. The van der Waals surface area contributed by atoms with Crippen molar-refractivity contribution in [1.82, 2.24) is 30.7 Å². The van der Waals surface area contributed by atoms with Crippen LogP contribution in [-0.4, -0.2) is 49.8 Å². The Bertz CT molecular complexity index is 1250. The van der Waals surface area contributed by atoms with Crippen molar-refractivity contribution in [2.45, 2.75) is 32.0 Å². The van der Waals surface area contributed by atoms with E-state index in [1.165, 1.54) is 4.90 Å². The van der Waals surface area contributed by atoms with Crippen LogP contribution in [0, 0.1) is 0 Å². The van der Waals surface area contributed by atoms with Gasteiger partial charge < -0.3 is 10.2 Å². The highest BCUT2D eigenvalue weighted by atomic mass is 16.2. The second kappa shape index (κ2) is 7.31. The van der Waals surface area contributed by atoms with Crippen LogP contribution in [0.3, 0.4) is 0 Å². The van der Waals surface area contributed by atoms with Crippen LogP contribution in [0.5, 0.6) is 0 Å². The van der Waals surface area contributed by atoms with Gasteiger partial charge in [0.25, 0.3) is 11.8 Å². The number of hydrogen-bond donors (Lipinski definition) is 3. The minimum absolute atomic E-state index is 0.215. The number of aromatic nitrogens is 3. The summed E-state index contributed by atoms with van der Waals surface area (Å²) in [6.07, 6.45) is 3.71. The highest BCUT2D eigenvalue weighted by molar-refractivity contribution is 6.05. The fraction of sp³-hybridized carbons (Fsp3) is 0.238. The highest BCUT2D eigenvalue weighted by Crippen LogP contribution is 2.28. The van der Waals surface area contributed by atoms with E-state index in [9.17, 15) is 19.2 Å². The van der Waals surface area contributed by atoms with Gasteiger partial charge in [0, 0.05) is 30.5 Å². The maximum atomic E-state index is 12.9. The van der Waals surface area contributed by atoms with Gasteiger partial charge in [-0.25, -0.2) is 4.98 Å². The molecule has 0 aliphatic carbocycles. The van der Waals surface area contributed by atoms with E-state index < -0.39 is 11.9 Å². The molecule has 1 fully saturated rings. The Hall–Kier alpha value is -4.08. The van der Waals surface area contributed by atoms with Crippen molar-refractivity contribution in [2.75, 3.05) is 0 Å². The average Bonchev–Trinajstić information content (AvgIpc) is 3.36. The lowest BCUT2D eigenvalue weighted by Crippen LogP contribution is -2.52. The van der Waals surface area contributed by atoms with Gasteiger partial charge in [-0.05, 0) is 29.7 Å². The standard InChI is InChI=1S/C21H18N6O4/c28-18-4-3-17(20(30)25-18)27-10-12-2-1-11(5-14(12)21(27)31)7-23-19(29)15-6-13-8-24-26-16(13)9-22-15/h1-2,5-6,8-9,17H,3-4,7,10H2,(H,23,29)(H,24,26)(H,25,28,30). The van der Waals surface area contributed by atoms with E-state index in [0.29, 0.717) is 18.5 Å². The topological polar surface area (TPSA) is 137 Å². The molecule has 1 atom stereocenters. The highest BCUT2D eigenvalue weighted by Gasteiger charge is 2.39. The summed E-state index contributed by atoms with van der Waals surface area (Å²) >= 11 is 0. The summed E-state index contributed by atoms with van der Waals surface area (Å²) in [5.74, 6) is -1.33. The zero-order valence-corrected chi connectivity index (χ0v) is 16.3. The molecule has 5 rings (SSSR count). The zero-order valence-electron chi connectivity index (χ0n) is 16.3. The lowest BCUT2D eigenvalue weighted by Gasteiger charge is -2.29. The molecule has 4 heterocycles. The molecule has 31 heavy (non-hydrogen) atoms. The van der Waals surface area contributed by atoms with Gasteiger partial charge in [-0.3, -0.25) is 29.6 Å². The predicted octanol–water partition coefficient (Wildman–Crippen LogP) is 0.649. The molecule has 0 bridgehead atoms. The summed E-state index contributed by atoms with van der Waals surface area (Å²) in [5.41, 5.74) is 3.10. The van der Waals surface area contributed by atoms with Crippen molar-refractivity contribution in [3.05, 3.63) is 59.0 Å². The number of hydrogen-bond acceptors (Lipinski definition) is 6. The van der Waals surface area contributed by atoms with Crippen LogP contribution in [-0.2, 0) is 22.7 Å². The van der Waals surface area contributed by atoms with E-state index in [2.05, 4.69) is 25.8 Å². The molecule has 1 aromatic carbocycles. The van der Waals surface area contributed by atoms with Crippen LogP contribution in [0.4, 0.5) is 0 Å². The maximum Gasteiger partial charge on any atom is 0.270 e. The molecule has 1 unspecified atom stereocenters. The molecule has 3 N–H and O–H groups in total. The second-order valence-electron chi connectivity index (χ2n) is 7.60. The Morgan fingerprint density at radius 2 is 2.06 bits per heavy atom. The fourth-order valence-electron chi connectivity index (χ4n) is 3.95. The molecule has 156 valence electrons. The normalized spacial score (nSPS) is 18.3. The van der Waals surface area contributed by atoms with E-state index in [1.807, 2.05) is 12.1 Å². The Labute approximate surface area is 176 Å². The van der Waals surface area contributed by atoms with Gasteiger partial charge in [0.1, 0.15) is 11.7 Å². The number of piperidine rings is 1. The molecular formula is C21H18N6O4. The molecule has 1 saturated heterocycles. The summed E-state index contributed by atoms with van der Waals surface area (Å²) in [4.78, 5) is 54.5. The number of nitrogens with one attached hydrogen (secondary N) is 3. The first-order valence-electron chi connectivity index (χ1n) is 9.83. The van der Waals surface area contributed by atoms with E-state index in [4.69, 9.17) is 0 Å². The number of aromatic amines is 1. The van der Waals surface area contributed by atoms with Crippen LogP contribution in [0.15, 0.2) is 36.7 Å². The zero-order chi connectivity index (χ0) is 21.5. The van der Waals surface area contributed by atoms with Crippen molar-refractivity contribution in [3.63, 3.8) is 0 Å². The van der Waals surface area contributed by atoms with Crippen LogP contribution in [0.1, 0.15) is 44.8 Å². The number of rotatable bonds is 4. The van der Waals surface area contributed by atoms with Crippen LogP contribution < -0.4 is 10.6 Å². The van der Waals surface area contributed by atoms with Gasteiger partial charge in [-0.2, -0.15) is 5.10 Å². The van der Waals surface area contributed by atoms with Crippen molar-refractivity contribution in [1.29, 1.82) is 0 Å². The average molecular weight is 418 g/mol. The number of amides is 4. The summed E-state index contributed by atoms with van der Waals surface area (Å²) in [6.45, 7) is 0.546. The predicted molar refractivity (Wildman–Crippen MR) is 108 cm³/mol. The Morgan fingerprint density at radius 1 is 1.19 bits per heavy atom. The number of pyridine rings is 1. The minimum Gasteiger partial charge on any atom is -0.347 e. The number of imide groups is 1. The molecule has 0 spiro atoms. The third-order valence-corrected chi connectivity index (χ3v) is 5.60. The Morgan fingerprint density at radius 3 is 2.90 bits per heavy atom. The summed E-state index contributed by atoms with van der Waals surface area (Å²) in [6, 6.07) is 6.41. The largest absolute Gasteiger partial charge is 0.347 e. The van der Waals surface area contributed by atoms with E-state index in [0.717, 1.165) is 22.0 Å². The van der Waals surface area contributed by atoms with Crippen molar-refractivity contribution in [2.24, 2.45) is 0 Å². The molecule has 3 aromatic rings. The lowest BCUT2D eigenvalue weighted by atomic mass is 10.0. The molecule has 0 radical (unpaired) electrons. The number of benzene rings is 1. The molecule has 2 aromatic heterocycles. The van der Waals surface area contributed by atoms with Crippen LogP contribution >= 0.6 is 0 Å². The van der Waals surface area contributed by atoms with Gasteiger partial charge in [-0.1, -0.05) is 12.1 Å². The van der Waals surface area contributed by atoms with Gasteiger partial charge >= 0.3 is 0 Å². The third kappa shape index (κ3) is 3.41. The first-order valence-corrected chi connectivity index (χ1v) is 9.83. The quantitative estimate of drug-likeness (QED) is 0.532. The molecule has 10 heteroatoms. The third-order valence-electron chi connectivity index (χ3n) is 5.60. The first kappa shape index (κ1) is 18.9. The lowest BCUT2D eigenvalue weighted by molar-refractivity contribution is -0.136. The van der Waals surface area contributed by atoms with E-state index >= 15 is 0 Å². The summed E-state index contributed by atoms with van der Waals surface area (Å²) < 4.78 is 0. The Balaban J connectivity index is 1.27. The van der Waals surface area contributed by atoms with Crippen LogP contribution in [0.2, 0.25) is 0 Å².